The van der Waals surface area contributed by atoms with Crippen molar-refractivity contribution < 1.29 is 19.4 Å². The Morgan fingerprint density at radius 3 is 2.74 bits per heavy atom. The number of aromatic nitrogens is 2. The first kappa shape index (κ1) is 22.8. The Bertz CT molecular complexity index is 1410. The molecule has 0 radical (unpaired) electrons. The number of methoxy groups -OCH3 is 1. The van der Waals surface area contributed by atoms with Crippen LogP contribution in [0.15, 0.2) is 54.7 Å². The molecule has 1 aromatic heterocycles. The standard InChI is InChI=1S/C28H29N3O4/c1-3-31-26-8-6-19(12-21(26)16-30-31)24-10-17(4-9-27(32)33)11-25(29)28(24)35-23-13-18-5-7-22(34-2)14-20(18)15-23/h5-8,10-12,14,16,23H,3-4,9,13,15,29H2,1-2H3,(H,32,33). The lowest BCUT2D eigenvalue weighted by atomic mass is 9.97. The van der Waals surface area contributed by atoms with Crippen LogP contribution in [0.3, 0.4) is 0 Å². The number of fused-ring (bicyclic) bond motifs is 2. The molecule has 1 atom stereocenters. The van der Waals surface area contributed by atoms with E-state index in [1.807, 2.05) is 35.1 Å². The van der Waals surface area contributed by atoms with Gasteiger partial charge in [-0.25, -0.2) is 0 Å². The first-order valence-electron chi connectivity index (χ1n) is 11.9. The van der Waals surface area contributed by atoms with Gasteiger partial charge in [-0.1, -0.05) is 12.1 Å². The zero-order chi connectivity index (χ0) is 24.5. The minimum Gasteiger partial charge on any atom is -0.497 e. The molecule has 3 aromatic carbocycles. The van der Waals surface area contributed by atoms with Crippen LogP contribution in [0, 0.1) is 0 Å². The Morgan fingerprint density at radius 1 is 1.14 bits per heavy atom. The lowest BCUT2D eigenvalue weighted by molar-refractivity contribution is -0.136. The predicted molar refractivity (Wildman–Crippen MR) is 136 cm³/mol. The van der Waals surface area contributed by atoms with Crippen molar-refractivity contribution in [3.63, 3.8) is 0 Å². The second-order valence-electron chi connectivity index (χ2n) is 8.97. The van der Waals surface area contributed by atoms with Gasteiger partial charge in [-0.2, -0.15) is 5.10 Å². The van der Waals surface area contributed by atoms with Crippen LogP contribution in [0.25, 0.3) is 22.0 Å². The number of aliphatic carboxylic acids is 1. The third-order valence-corrected chi connectivity index (χ3v) is 6.65. The molecule has 1 heterocycles. The third-order valence-electron chi connectivity index (χ3n) is 6.65. The number of nitrogens with two attached hydrogens (primary N) is 1. The van der Waals surface area contributed by atoms with Crippen molar-refractivity contribution in [2.75, 3.05) is 12.8 Å². The van der Waals surface area contributed by atoms with Gasteiger partial charge in [0.2, 0.25) is 0 Å². The molecule has 1 unspecified atom stereocenters. The second kappa shape index (κ2) is 9.33. The van der Waals surface area contributed by atoms with Crippen molar-refractivity contribution in [3.05, 3.63) is 71.4 Å². The topological polar surface area (TPSA) is 99.6 Å². The summed E-state index contributed by atoms with van der Waals surface area (Å²) in [7, 11) is 1.67. The Hall–Kier alpha value is -4.00. The highest BCUT2D eigenvalue weighted by molar-refractivity contribution is 5.88. The number of hydrogen-bond acceptors (Lipinski definition) is 5. The molecule has 0 amide bonds. The van der Waals surface area contributed by atoms with Crippen LogP contribution >= 0.6 is 0 Å². The summed E-state index contributed by atoms with van der Waals surface area (Å²) in [6, 6.07) is 16.2. The minimum absolute atomic E-state index is 0.0428. The molecule has 35 heavy (non-hydrogen) atoms. The van der Waals surface area contributed by atoms with Crippen LogP contribution in [0.4, 0.5) is 5.69 Å². The van der Waals surface area contributed by atoms with Gasteiger partial charge in [-0.3, -0.25) is 9.48 Å². The van der Waals surface area contributed by atoms with Gasteiger partial charge in [-0.15, -0.1) is 0 Å². The summed E-state index contributed by atoms with van der Waals surface area (Å²) in [4.78, 5) is 11.2. The maximum atomic E-state index is 11.2. The van der Waals surface area contributed by atoms with E-state index in [2.05, 4.69) is 36.3 Å². The Balaban J connectivity index is 1.52. The molecule has 0 saturated heterocycles. The number of benzene rings is 3. The molecule has 7 nitrogen and oxygen atoms in total. The highest BCUT2D eigenvalue weighted by atomic mass is 16.5. The first-order chi connectivity index (χ1) is 16.9. The molecular weight excluding hydrogens is 442 g/mol. The lowest BCUT2D eigenvalue weighted by Gasteiger charge is -2.20. The normalized spacial score (nSPS) is 14.7. The van der Waals surface area contributed by atoms with Crippen LogP contribution in [-0.2, 0) is 30.6 Å². The van der Waals surface area contributed by atoms with Gasteiger partial charge in [0.05, 0.1) is 24.5 Å². The Morgan fingerprint density at radius 2 is 1.97 bits per heavy atom. The van der Waals surface area contributed by atoms with Crippen molar-refractivity contribution in [3.8, 4) is 22.6 Å². The number of ether oxygens (including phenoxy) is 2. The van der Waals surface area contributed by atoms with Gasteiger partial charge < -0.3 is 20.3 Å². The molecule has 180 valence electrons. The average molecular weight is 472 g/mol. The summed E-state index contributed by atoms with van der Waals surface area (Å²) < 4.78 is 13.9. The highest BCUT2D eigenvalue weighted by Gasteiger charge is 2.26. The number of carbonyl (C=O) groups is 1. The number of anilines is 1. The fourth-order valence-corrected chi connectivity index (χ4v) is 4.89. The number of aryl methyl sites for hydroxylation is 2. The maximum Gasteiger partial charge on any atom is 0.303 e. The predicted octanol–water partition coefficient (Wildman–Crippen LogP) is 4.88. The van der Waals surface area contributed by atoms with E-state index in [0.29, 0.717) is 17.9 Å². The lowest BCUT2D eigenvalue weighted by Crippen LogP contribution is -2.18. The molecular formula is C28H29N3O4. The summed E-state index contributed by atoms with van der Waals surface area (Å²) in [6.07, 6.45) is 3.82. The summed E-state index contributed by atoms with van der Waals surface area (Å²) in [5, 5.41) is 14.7. The SMILES string of the molecule is CCn1ncc2cc(-c3cc(CCC(=O)O)cc(N)c3OC3Cc4ccc(OC)cc4C3)ccc21. The van der Waals surface area contributed by atoms with Crippen molar-refractivity contribution in [2.24, 2.45) is 0 Å². The highest BCUT2D eigenvalue weighted by Crippen LogP contribution is 2.40. The number of rotatable bonds is 8. The minimum atomic E-state index is -0.835. The number of nitrogen functional groups attached to an aromatic ring is 1. The quantitative estimate of drug-likeness (QED) is 0.356. The van der Waals surface area contributed by atoms with E-state index < -0.39 is 5.97 Å². The zero-order valence-electron chi connectivity index (χ0n) is 20.0. The van der Waals surface area contributed by atoms with Crippen molar-refractivity contribution >= 4 is 22.6 Å². The Kier molecular flexibility index (Phi) is 6.07. The molecule has 0 saturated carbocycles. The van der Waals surface area contributed by atoms with Crippen LogP contribution in [0.2, 0.25) is 0 Å². The molecule has 1 aliphatic rings. The molecule has 0 bridgehead atoms. The van der Waals surface area contributed by atoms with E-state index in [9.17, 15) is 4.79 Å². The molecule has 5 rings (SSSR count). The molecule has 1 aliphatic carbocycles. The van der Waals surface area contributed by atoms with E-state index >= 15 is 0 Å². The molecule has 0 spiro atoms. The van der Waals surface area contributed by atoms with Gasteiger partial charge in [0.15, 0.2) is 0 Å². The van der Waals surface area contributed by atoms with Crippen LogP contribution in [0.1, 0.15) is 30.0 Å². The maximum absolute atomic E-state index is 11.2. The van der Waals surface area contributed by atoms with Crippen molar-refractivity contribution in [1.82, 2.24) is 9.78 Å². The number of carboxylic acid groups (broad SMARTS) is 1. The second-order valence-corrected chi connectivity index (χ2v) is 8.97. The Labute approximate surface area is 204 Å². The summed E-state index contributed by atoms with van der Waals surface area (Å²) >= 11 is 0. The average Bonchev–Trinajstić information content (AvgIpc) is 3.46. The zero-order valence-corrected chi connectivity index (χ0v) is 20.0. The fourth-order valence-electron chi connectivity index (χ4n) is 4.89. The number of hydrogen-bond donors (Lipinski definition) is 2. The van der Waals surface area contributed by atoms with Gasteiger partial charge in [0, 0.05) is 36.8 Å². The summed E-state index contributed by atoms with van der Waals surface area (Å²) in [6.45, 7) is 2.86. The number of nitrogens with zero attached hydrogens (tertiary/aromatic N) is 2. The van der Waals surface area contributed by atoms with E-state index in [-0.39, 0.29) is 12.5 Å². The van der Waals surface area contributed by atoms with Gasteiger partial charge in [0.1, 0.15) is 17.6 Å². The first-order valence-corrected chi connectivity index (χ1v) is 11.9. The van der Waals surface area contributed by atoms with Crippen molar-refractivity contribution in [2.45, 2.75) is 45.3 Å². The number of carboxylic acids is 1. The molecule has 4 aromatic rings. The van der Waals surface area contributed by atoms with Crippen LogP contribution in [0.5, 0.6) is 11.5 Å². The van der Waals surface area contributed by atoms with Gasteiger partial charge in [0.25, 0.3) is 0 Å². The van der Waals surface area contributed by atoms with Crippen LogP contribution < -0.4 is 15.2 Å². The van der Waals surface area contributed by atoms with Gasteiger partial charge in [-0.05, 0) is 72.0 Å². The van der Waals surface area contributed by atoms with E-state index in [0.717, 1.165) is 52.7 Å². The van der Waals surface area contributed by atoms with Crippen LogP contribution in [-0.4, -0.2) is 34.1 Å². The van der Waals surface area contributed by atoms with E-state index in [4.69, 9.17) is 20.3 Å². The summed E-state index contributed by atoms with van der Waals surface area (Å²) in [5.74, 6) is 0.641. The monoisotopic (exact) mass is 471 g/mol. The van der Waals surface area contributed by atoms with E-state index in [1.165, 1.54) is 11.1 Å². The largest absolute Gasteiger partial charge is 0.497 e. The molecule has 3 N–H and O–H groups in total. The molecule has 0 fully saturated rings. The fraction of sp³-hybridized carbons (Fsp3) is 0.286. The van der Waals surface area contributed by atoms with E-state index in [1.54, 1.807) is 7.11 Å². The third kappa shape index (κ3) is 4.54. The molecule has 7 heteroatoms. The smallest absolute Gasteiger partial charge is 0.303 e. The van der Waals surface area contributed by atoms with Crippen molar-refractivity contribution in [1.29, 1.82) is 0 Å². The van der Waals surface area contributed by atoms with Gasteiger partial charge >= 0.3 is 5.97 Å². The molecule has 0 aliphatic heterocycles. The summed E-state index contributed by atoms with van der Waals surface area (Å²) in [5.41, 5.74) is 13.3.